The number of aromatic hydroxyl groups is 1. The summed E-state index contributed by atoms with van der Waals surface area (Å²) in [4.78, 5) is 0. The van der Waals surface area contributed by atoms with Crippen molar-refractivity contribution in [2.45, 2.75) is 31.3 Å². The lowest BCUT2D eigenvalue weighted by atomic mass is 9.88. The van der Waals surface area contributed by atoms with E-state index in [2.05, 4.69) is 10.3 Å². The van der Waals surface area contributed by atoms with Crippen LogP contribution in [0.15, 0.2) is 42.6 Å². The molecule has 0 saturated heterocycles. The number of phenols is 1. The maximum atomic E-state index is 13.1. The zero-order valence-corrected chi connectivity index (χ0v) is 16.4. The average Bonchev–Trinajstić information content (AvgIpc) is 3.07. The van der Waals surface area contributed by atoms with E-state index in [9.17, 15) is 36.6 Å². The van der Waals surface area contributed by atoms with Gasteiger partial charge in [0.05, 0.1) is 28.6 Å². The van der Waals surface area contributed by atoms with Crippen LogP contribution in [0.25, 0.3) is 5.69 Å². The molecular formula is C19H14ClF6N3O2. The van der Waals surface area contributed by atoms with Gasteiger partial charge in [-0.2, -0.15) is 26.3 Å². The first-order chi connectivity index (χ1) is 14.2. The monoisotopic (exact) mass is 465 g/mol. The Kier molecular flexibility index (Phi) is 5.70. The Morgan fingerprint density at radius 3 is 2.00 bits per heavy atom. The molecule has 2 aromatic carbocycles. The van der Waals surface area contributed by atoms with Crippen molar-refractivity contribution >= 4 is 11.6 Å². The molecule has 0 radical (unpaired) electrons. The summed E-state index contributed by atoms with van der Waals surface area (Å²) in [6, 6.07) is 5.05. The number of aromatic nitrogens is 3. The molecule has 1 heterocycles. The summed E-state index contributed by atoms with van der Waals surface area (Å²) in [6.07, 6.45) is -9.25. The number of hydrogen-bond acceptors (Lipinski definition) is 4. The fourth-order valence-corrected chi connectivity index (χ4v) is 3.07. The van der Waals surface area contributed by atoms with Crippen LogP contribution < -0.4 is 0 Å². The Balaban J connectivity index is 1.96. The topological polar surface area (TPSA) is 71.2 Å². The molecule has 31 heavy (non-hydrogen) atoms. The summed E-state index contributed by atoms with van der Waals surface area (Å²) in [5, 5.41) is 28.4. The third-order valence-corrected chi connectivity index (χ3v) is 4.70. The van der Waals surface area contributed by atoms with E-state index >= 15 is 0 Å². The second kappa shape index (κ2) is 7.72. The number of hydrogen-bond donors (Lipinski definition) is 2. The van der Waals surface area contributed by atoms with Gasteiger partial charge >= 0.3 is 12.4 Å². The summed E-state index contributed by atoms with van der Waals surface area (Å²) in [7, 11) is 0. The van der Waals surface area contributed by atoms with Crippen LogP contribution in [0.1, 0.15) is 29.3 Å². The number of halogens is 7. The summed E-state index contributed by atoms with van der Waals surface area (Å²) in [5.74, 6) is -0.233. The predicted molar refractivity (Wildman–Crippen MR) is 97.8 cm³/mol. The predicted octanol–water partition coefficient (Wildman–Crippen LogP) is 5.11. The van der Waals surface area contributed by atoms with Crippen LogP contribution in [0.2, 0.25) is 5.02 Å². The SMILES string of the molecule is CC(O)(Cc1cn(-c2ccc(Cl)cc2O)nn1)c1cc(C(F)(F)F)cc(C(F)(F)F)c1. The molecule has 3 aromatic rings. The molecule has 1 atom stereocenters. The highest BCUT2D eigenvalue weighted by Gasteiger charge is 2.39. The van der Waals surface area contributed by atoms with Crippen LogP contribution in [0, 0.1) is 0 Å². The lowest BCUT2D eigenvalue weighted by Crippen LogP contribution is -2.26. The van der Waals surface area contributed by atoms with Crippen molar-refractivity contribution in [1.82, 2.24) is 15.0 Å². The normalized spacial score (nSPS) is 14.5. The van der Waals surface area contributed by atoms with Gasteiger partial charge in [-0.05, 0) is 42.8 Å². The van der Waals surface area contributed by atoms with E-state index < -0.39 is 41.1 Å². The fourth-order valence-electron chi connectivity index (χ4n) is 2.91. The van der Waals surface area contributed by atoms with Crippen LogP contribution in [0.3, 0.4) is 0 Å². The maximum absolute atomic E-state index is 13.1. The Morgan fingerprint density at radius 2 is 1.48 bits per heavy atom. The Bertz CT molecular complexity index is 1080. The molecule has 0 spiro atoms. The lowest BCUT2D eigenvalue weighted by Gasteiger charge is -2.25. The standard InChI is InChI=1S/C19H14ClF6N3O2/c1-17(31,10-4-11(18(21,22)23)6-12(5-10)19(24,25)26)8-14-9-29(28-27-14)15-3-2-13(20)7-16(15)30/h2-7,9,30-31H,8H2,1H3. The van der Waals surface area contributed by atoms with E-state index in [1.807, 2.05) is 0 Å². The van der Waals surface area contributed by atoms with Crippen molar-refractivity contribution in [3.05, 3.63) is 70.0 Å². The van der Waals surface area contributed by atoms with Crippen molar-refractivity contribution in [2.75, 3.05) is 0 Å². The Morgan fingerprint density at radius 1 is 0.935 bits per heavy atom. The molecule has 1 aromatic heterocycles. The van der Waals surface area contributed by atoms with Gasteiger partial charge in [0.25, 0.3) is 0 Å². The van der Waals surface area contributed by atoms with Crippen molar-refractivity contribution in [3.63, 3.8) is 0 Å². The first kappa shape index (κ1) is 22.9. The molecule has 0 saturated carbocycles. The second-order valence-electron chi connectivity index (χ2n) is 7.03. The lowest BCUT2D eigenvalue weighted by molar-refractivity contribution is -0.143. The van der Waals surface area contributed by atoms with Crippen molar-refractivity contribution in [2.24, 2.45) is 0 Å². The van der Waals surface area contributed by atoms with Gasteiger partial charge < -0.3 is 10.2 Å². The van der Waals surface area contributed by atoms with Crippen LogP contribution >= 0.6 is 11.6 Å². The third kappa shape index (κ3) is 5.10. The second-order valence-corrected chi connectivity index (χ2v) is 7.47. The van der Waals surface area contributed by atoms with Gasteiger partial charge in [0, 0.05) is 17.5 Å². The molecular weight excluding hydrogens is 452 g/mol. The average molecular weight is 466 g/mol. The molecule has 2 N–H and O–H groups in total. The summed E-state index contributed by atoms with van der Waals surface area (Å²) in [6.45, 7) is 1.07. The van der Waals surface area contributed by atoms with E-state index in [0.717, 1.165) is 11.6 Å². The van der Waals surface area contributed by atoms with Gasteiger partial charge in [0.2, 0.25) is 0 Å². The molecule has 5 nitrogen and oxygen atoms in total. The molecule has 0 fully saturated rings. The van der Waals surface area contributed by atoms with Crippen LogP contribution in [-0.4, -0.2) is 25.2 Å². The first-order valence-electron chi connectivity index (χ1n) is 8.59. The van der Waals surface area contributed by atoms with E-state index in [-0.39, 0.29) is 28.2 Å². The van der Waals surface area contributed by atoms with E-state index in [1.54, 1.807) is 0 Å². The minimum atomic E-state index is -5.04. The van der Waals surface area contributed by atoms with E-state index in [0.29, 0.717) is 12.1 Å². The van der Waals surface area contributed by atoms with Crippen molar-refractivity contribution in [3.8, 4) is 11.4 Å². The quantitative estimate of drug-likeness (QED) is 0.525. The minimum Gasteiger partial charge on any atom is -0.506 e. The fraction of sp³-hybridized carbons (Fsp3) is 0.263. The van der Waals surface area contributed by atoms with Crippen molar-refractivity contribution < 1.29 is 36.6 Å². The molecule has 1 unspecified atom stereocenters. The third-order valence-electron chi connectivity index (χ3n) is 4.46. The van der Waals surface area contributed by atoms with Crippen LogP contribution in [0.5, 0.6) is 5.75 Å². The molecule has 3 rings (SSSR count). The number of rotatable bonds is 4. The summed E-state index contributed by atoms with van der Waals surface area (Å²) < 4.78 is 79.7. The Hall–Kier alpha value is -2.79. The highest BCUT2D eigenvalue weighted by Crippen LogP contribution is 2.39. The minimum absolute atomic E-state index is 0.0147. The van der Waals surface area contributed by atoms with Gasteiger partial charge in [0.1, 0.15) is 11.4 Å². The number of phenolic OH excluding ortho intramolecular Hbond substituents is 1. The Labute approximate surface area is 176 Å². The number of nitrogens with zero attached hydrogens (tertiary/aromatic N) is 3. The maximum Gasteiger partial charge on any atom is 0.416 e. The molecule has 0 amide bonds. The zero-order chi connectivity index (χ0) is 23.2. The van der Waals surface area contributed by atoms with Crippen LogP contribution in [0.4, 0.5) is 26.3 Å². The van der Waals surface area contributed by atoms with E-state index in [1.165, 1.54) is 24.4 Å². The molecule has 0 bridgehead atoms. The van der Waals surface area contributed by atoms with Gasteiger partial charge in [-0.25, -0.2) is 4.68 Å². The zero-order valence-electron chi connectivity index (χ0n) is 15.6. The molecule has 0 aliphatic heterocycles. The largest absolute Gasteiger partial charge is 0.506 e. The molecule has 12 heteroatoms. The summed E-state index contributed by atoms with van der Waals surface area (Å²) >= 11 is 5.76. The number of aliphatic hydroxyl groups is 1. The molecule has 0 aliphatic rings. The van der Waals surface area contributed by atoms with Gasteiger partial charge in [-0.3, -0.25) is 0 Å². The van der Waals surface area contributed by atoms with Crippen molar-refractivity contribution in [1.29, 1.82) is 0 Å². The molecule has 166 valence electrons. The van der Waals surface area contributed by atoms with E-state index in [4.69, 9.17) is 11.6 Å². The van der Waals surface area contributed by atoms with Gasteiger partial charge in [-0.15, -0.1) is 5.10 Å². The number of alkyl halides is 6. The number of benzene rings is 2. The summed E-state index contributed by atoms with van der Waals surface area (Å²) in [5.41, 5.74) is -5.55. The van der Waals surface area contributed by atoms with Gasteiger partial charge in [0.15, 0.2) is 0 Å². The smallest absolute Gasteiger partial charge is 0.416 e. The van der Waals surface area contributed by atoms with Crippen LogP contribution in [-0.2, 0) is 24.4 Å². The first-order valence-corrected chi connectivity index (χ1v) is 8.97. The van der Waals surface area contributed by atoms with Gasteiger partial charge in [-0.1, -0.05) is 16.8 Å². The highest BCUT2D eigenvalue weighted by atomic mass is 35.5. The highest BCUT2D eigenvalue weighted by molar-refractivity contribution is 6.30. The molecule has 0 aliphatic carbocycles.